The van der Waals surface area contributed by atoms with Gasteiger partial charge in [0.2, 0.25) is 0 Å². The fourth-order valence-electron chi connectivity index (χ4n) is 3.82. The number of carbonyl (C=O) groups is 2. The lowest BCUT2D eigenvalue weighted by Crippen LogP contribution is -2.28. The summed E-state index contributed by atoms with van der Waals surface area (Å²) >= 11 is 1.27. The number of halogens is 1. The average Bonchev–Trinajstić information content (AvgIpc) is 3.58. The predicted molar refractivity (Wildman–Crippen MR) is 152 cm³/mol. The molecule has 1 aliphatic rings. The molecule has 0 bridgehead atoms. The van der Waals surface area contributed by atoms with Crippen LogP contribution in [0.2, 0.25) is 0 Å². The summed E-state index contributed by atoms with van der Waals surface area (Å²) in [7, 11) is 1.49. The summed E-state index contributed by atoms with van der Waals surface area (Å²) in [4.78, 5) is 32.4. The van der Waals surface area contributed by atoms with Crippen molar-refractivity contribution in [2.24, 2.45) is 4.99 Å². The number of carbonyl (C=O) groups excluding carboxylic acids is 2. The summed E-state index contributed by atoms with van der Waals surface area (Å²) in [6.07, 6.45) is 3.32. The number of benzene rings is 3. The Hall–Kier alpha value is -4.83. The number of hydrogen-bond acceptors (Lipinski definition) is 7. The van der Waals surface area contributed by atoms with Crippen molar-refractivity contribution in [3.63, 3.8) is 0 Å². The molecule has 1 saturated heterocycles. The average molecular weight is 558 g/mol. The Morgan fingerprint density at radius 3 is 2.58 bits per heavy atom. The van der Waals surface area contributed by atoms with Gasteiger partial charge in [0.1, 0.15) is 11.6 Å². The number of nitrogens with zero attached hydrogens (tertiary/aromatic N) is 2. The highest BCUT2D eigenvalue weighted by atomic mass is 32.2. The van der Waals surface area contributed by atoms with Gasteiger partial charge in [0.25, 0.3) is 11.8 Å². The lowest BCUT2D eigenvalue weighted by Gasteiger charge is -2.13. The van der Waals surface area contributed by atoms with Gasteiger partial charge in [-0.05, 0) is 84.1 Å². The zero-order chi connectivity index (χ0) is 27.9. The number of para-hydroxylation sites is 1. The molecule has 202 valence electrons. The fraction of sp³-hybridized carbons (Fsp3) is 0.100. The highest BCUT2D eigenvalue weighted by Crippen LogP contribution is 2.36. The van der Waals surface area contributed by atoms with E-state index >= 15 is 0 Å². The van der Waals surface area contributed by atoms with Crippen LogP contribution in [0.1, 0.15) is 11.3 Å². The first-order valence-corrected chi connectivity index (χ1v) is 13.0. The molecule has 5 rings (SSSR count). The fourth-order valence-corrected chi connectivity index (χ4v) is 4.82. The summed E-state index contributed by atoms with van der Waals surface area (Å²) < 4.78 is 29.7. The Balaban J connectivity index is 1.32. The number of aliphatic imine (C=N–C) groups is 1. The molecule has 0 radical (unpaired) electrons. The van der Waals surface area contributed by atoms with E-state index in [-0.39, 0.29) is 19.1 Å². The largest absolute Gasteiger partial charge is 0.493 e. The number of anilines is 1. The van der Waals surface area contributed by atoms with Crippen LogP contribution >= 0.6 is 11.8 Å². The molecule has 0 atom stereocenters. The maximum absolute atomic E-state index is 13.4. The molecule has 10 heteroatoms. The van der Waals surface area contributed by atoms with E-state index < -0.39 is 11.7 Å². The molecule has 1 aromatic heterocycles. The minimum Gasteiger partial charge on any atom is -0.493 e. The number of amidine groups is 1. The van der Waals surface area contributed by atoms with Crippen LogP contribution in [0.5, 0.6) is 11.5 Å². The smallest absolute Gasteiger partial charge is 0.267 e. The Kier molecular flexibility index (Phi) is 8.26. The van der Waals surface area contributed by atoms with Crippen LogP contribution in [-0.2, 0) is 16.1 Å². The minimum absolute atomic E-state index is 0.201. The minimum atomic E-state index is -0.408. The predicted octanol–water partition coefficient (Wildman–Crippen LogP) is 6.25. The summed E-state index contributed by atoms with van der Waals surface area (Å²) in [6, 6.07) is 23.6. The topological polar surface area (TPSA) is 93.4 Å². The van der Waals surface area contributed by atoms with Crippen LogP contribution in [0, 0.1) is 5.82 Å². The molecule has 1 fully saturated rings. The van der Waals surface area contributed by atoms with E-state index in [1.165, 1.54) is 43.1 Å². The van der Waals surface area contributed by atoms with Crippen molar-refractivity contribution >= 4 is 46.2 Å². The zero-order valence-corrected chi connectivity index (χ0v) is 22.2. The second-order valence-corrected chi connectivity index (χ2v) is 9.57. The van der Waals surface area contributed by atoms with Crippen molar-refractivity contribution in [3.05, 3.63) is 113 Å². The highest BCUT2D eigenvalue weighted by molar-refractivity contribution is 8.18. The van der Waals surface area contributed by atoms with Crippen LogP contribution in [0.4, 0.5) is 15.8 Å². The molecule has 2 heterocycles. The summed E-state index contributed by atoms with van der Waals surface area (Å²) in [5.74, 6) is 0.391. The Labute approximate surface area is 234 Å². The summed E-state index contributed by atoms with van der Waals surface area (Å²) in [6.45, 7) is -0.0263. The van der Waals surface area contributed by atoms with Gasteiger partial charge in [0.05, 0.1) is 30.5 Å². The highest BCUT2D eigenvalue weighted by Gasteiger charge is 2.34. The quantitative estimate of drug-likeness (QED) is 0.245. The Morgan fingerprint density at radius 2 is 1.85 bits per heavy atom. The van der Waals surface area contributed by atoms with Gasteiger partial charge in [-0.3, -0.25) is 14.5 Å². The van der Waals surface area contributed by atoms with E-state index in [1.807, 2.05) is 36.4 Å². The van der Waals surface area contributed by atoms with E-state index in [0.717, 1.165) is 5.69 Å². The van der Waals surface area contributed by atoms with Crippen molar-refractivity contribution in [3.8, 4) is 11.5 Å². The van der Waals surface area contributed by atoms with E-state index in [9.17, 15) is 14.0 Å². The lowest BCUT2D eigenvalue weighted by molar-refractivity contribution is -0.122. The number of furan rings is 1. The molecule has 2 amide bonds. The standard InChI is InChI=1S/C30H24FN3O5S/c1-37-26-16-20(9-14-25(26)39-19-28(35)32-23-12-10-21(31)11-13-23)17-27-29(36)34(18-24-8-5-15-38-24)30(40-27)33-22-6-3-2-4-7-22/h2-17H,18-19H2,1H3,(H,32,35)/b27-17-,33-30?. The van der Waals surface area contributed by atoms with Gasteiger partial charge in [-0.25, -0.2) is 9.38 Å². The maximum atomic E-state index is 13.4. The van der Waals surface area contributed by atoms with Gasteiger partial charge < -0.3 is 19.2 Å². The van der Waals surface area contributed by atoms with Crippen LogP contribution in [0.25, 0.3) is 6.08 Å². The maximum Gasteiger partial charge on any atom is 0.267 e. The molecule has 3 aromatic carbocycles. The third-order valence-corrected chi connectivity index (χ3v) is 6.74. The lowest BCUT2D eigenvalue weighted by atomic mass is 10.2. The van der Waals surface area contributed by atoms with Gasteiger partial charge in [-0.2, -0.15) is 0 Å². The molecule has 40 heavy (non-hydrogen) atoms. The zero-order valence-electron chi connectivity index (χ0n) is 21.4. The molecule has 0 aliphatic carbocycles. The number of hydrogen-bond donors (Lipinski definition) is 1. The van der Waals surface area contributed by atoms with Gasteiger partial charge in [-0.1, -0.05) is 24.3 Å². The van der Waals surface area contributed by atoms with Gasteiger partial charge in [0, 0.05) is 5.69 Å². The van der Waals surface area contributed by atoms with Gasteiger partial charge in [-0.15, -0.1) is 0 Å². The van der Waals surface area contributed by atoms with Crippen molar-refractivity contribution < 1.29 is 27.9 Å². The van der Waals surface area contributed by atoms with E-state index in [0.29, 0.717) is 38.6 Å². The second kappa shape index (κ2) is 12.4. The van der Waals surface area contributed by atoms with Crippen molar-refractivity contribution in [1.82, 2.24) is 4.90 Å². The molecule has 1 aliphatic heterocycles. The van der Waals surface area contributed by atoms with Crippen LogP contribution < -0.4 is 14.8 Å². The molecule has 0 saturated carbocycles. The molecular weight excluding hydrogens is 533 g/mol. The monoisotopic (exact) mass is 557 g/mol. The summed E-state index contributed by atoms with van der Waals surface area (Å²) in [5.41, 5.74) is 1.89. The van der Waals surface area contributed by atoms with Crippen molar-refractivity contribution in [1.29, 1.82) is 0 Å². The molecule has 1 N–H and O–H groups in total. The van der Waals surface area contributed by atoms with E-state index in [2.05, 4.69) is 10.3 Å². The Morgan fingerprint density at radius 1 is 1.05 bits per heavy atom. The van der Waals surface area contributed by atoms with Crippen LogP contribution in [0.15, 0.2) is 106 Å². The summed E-state index contributed by atoms with van der Waals surface area (Å²) in [5, 5.41) is 3.18. The molecule has 0 spiro atoms. The van der Waals surface area contributed by atoms with E-state index in [1.54, 1.807) is 41.5 Å². The molecule has 8 nitrogen and oxygen atoms in total. The molecule has 0 unspecified atom stereocenters. The third kappa shape index (κ3) is 6.59. The number of amides is 2. The van der Waals surface area contributed by atoms with Crippen LogP contribution in [0.3, 0.4) is 0 Å². The molecule has 4 aromatic rings. The number of ether oxygens (including phenoxy) is 2. The first kappa shape index (κ1) is 26.8. The van der Waals surface area contributed by atoms with E-state index in [4.69, 9.17) is 13.9 Å². The first-order chi connectivity index (χ1) is 19.5. The normalized spacial score (nSPS) is 15.1. The molecular formula is C30H24FN3O5S. The number of thioether (sulfide) groups is 1. The Bertz CT molecular complexity index is 1550. The van der Waals surface area contributed by atoms with Crippen molar-refractivity contribution in [2.75, 3.05) is 19.0 Å². The SMILES string of the molecule is COc1cc(/C=C2\SC(=Nc3ccccc3)N(Cc3ccco3)C2=O)ccc1OCC(=O)Nc1ccc(F)cc1. The van der Waals surface area contributed by atoms with Gasteiger partial charge >= 0.3 is 0 Å². The van der Waals surface area contributed by atoms with Crippen LogP contribution in [-0.4, -0.2) is 35.6 Å². The number of nitrogens with one attached hydrogen (secondary N) is 1. The number of rotatable bonds is 9. The van der Waals surface area contributed by atoms with Gasteiger partial charge in [0.15, 0.2) is 23.3 Å². The third-order valence-electron chi connectivity index (χ3n) is 5.74. The number of methoxy groups -OCH3 is 1. The first-order valence-electron chi connectivity index (χ1n) is 12.2. The van der Waals surface area contributed by atoms with Crippen molar-refractivity contribution in [2.45, 2.75) is 6.54 Å². The second-order valence-electron chi connectivity index (χ2n) is 8.57.